The minimum absolute atomic E-state index is 0.108. The average molecular weight is 587 g/mol. The molecule has 10 nitrogen and oxygen atoms in total. The largest absolute Gasteiger partial charge is 0.508 e. The van der Waals surface area contributed by atoms with Crippen molar-refractivity contribution in [3.05, 3.63) is 82.2 Å². The summed E-state index contributed by atoms with van der Waals surface area (Å²) < 4.78 is 7.49. The molecule has 43 heavy (non-hydrogen) atoms. The predicted octanol–water partition coefficient (Wildman–Crippen LogP) is 4.06. The number of nitrogens with zero attached hydrogens (tertiary/aromatic N) is 3. The first-order chi connectivity index (χ1) is 21.0. The number of phenols is 1. The summed E-state index contributed by atoms with van der Waals surface area (Å²) in [6.07, 6.45) is 5.23. The van der Waals surface area contributed by atoms with Crippen LogP contribution in [-0.2, 0) is 43.8 Å². The van der Waals surface area contributed by atoms with E-state index in [1.165, 1.54) is 0 Å². The van der Waals surface area contributed by atoms with Gasteiger partial charge >= 0.3 is 0 Å². The molecule has 3 heterocycles. The first-order valence-corrected chi connectivity index (χ1v) is 15.2. The molecule has 1 aliphatic rings. The fraction of sp³-hybridized carbons (Fsp3) is 0.424. The van der Waals surface area contributed by atoms with Crippen LogP contribution in [0.25, 0.3) is 11.0 Å². The number of aryl methyl sites for hydroxylation is 2. The number of pyridine rings is 1. The van der Waals surface area contributed by atoms with Crippen molar-refractivity contribution in [1.29, 1.82) is 0 Å². The minimum atomic E-state index is -0.190. The first kappa shape index (κ1) is 30.5. The van der Waals surface area contributed by atoms with Crippen LogP contribution in [0.1, 0.15) is 65.0 Å². The van der Waals surface area contributed by atoms with E-state index in [0.717, 1.165) is 91.1 Å². The maximum atomic E-state index is 13.3. The number of aliphatic hydroxyl groups is 1. The van der Waals surface area contributed by atoms with Crippen LogP contribution in [0.5, 0.6) is 5.75 Å². The van der Waals surface area contributed by atoms with E-state index in [0.29, 0.717) is 30.3 Å². The fourth-order valence-electron chi connectivity index (χ4n) is 5.58. The second kappa shape index (κ2) is 14.5. The number of aromatic hydroxyl groups is 1. The van der Waals surface area contributed by atoms with Crippen molar-refractivity contribution >= 4 is 22.6 Å². The van der Waals surface area contributed by atoms with Crippen LogP contribution < -0.4 is 16.0 Å². The summed E-state index contributed by atoms with van der Waals surface area (Å²) >= 11 is 0. The molecule has 2 aromatic heterocycles. The number of hydrogen-bond donors (Lipinski definition) is 5. The Morgan fingerprint density at radius 3 is 2.70 bits per heavy atom. The standard InChI is InChI=1S/C33H42N6O4/c1-3-29-27(31(37-26-11-14-43-15-12-26)28-20-36-39(4-2)32(28)38-29)19-35-33(42)24-7-5-6-23(17-24)18-34-13-10-22-8-9-30(41)25(16-22)21-40/h5-9,16-17,20,26,34,40-41H,3-4,10-15,18-19,21H2,1-2H3,(H,35,42)(H,37,38). The van der Waals surface area contributed by atoms with Crippen LogP contribution >= 0.6 is 0 Å². The zero-order chi connectivity index (χ0) is 30.2. The third-order valence-electron chi connectivity index (χ3n) is 8.02. The van der Waals surface area contributed by atoms with Crippen molar-refractivity contribution in [2.45, 2.75) is 71.8 Å². The third kappa shape index (κ3) is 7.33. The van der Waals surface area contributed by atoms with Gasteiger partial charge in [0.05, 0.1) is 23.9 Å². The van der Waals surface area contributed by atoms with E-state index >= 15 is 0 Å². The number of fused-ring (bicyclic) bond motifs is 1. The highest BCUT2D eigenvalue weighted by atomic mass is 16.5. The Morgan fingerprint density at radius 2 is 1.93 bits per heavy atom. The van der Waals surface area contributed by atoms with Crippen molar-refractivity contribution in [3.63, 3.8) is 0 Å². The fourth-order valence-corrected chi connectivity index (χ4v) is 5.58. The van der Waals surface area contributed by atoms with Crippen LogP contribution in [0.15, 0.2) is 48.7 Å². The molecule has 1 fully saturated rings. The molecule has 4 aromatic rings. The smallest absolute Gasteiger partial charge is 0.251 e. The van der Waals surface area contributed by atoms with Crippen LogP contribution in [0.3, 0.4) is 0 Å². The van der Waals surface area contributed by atoms with Gasteiger partial charge in [-0.25, -0.2) is 9.67 Å². The molecule has 5 N–H and O–H groups in total. The van der Waals surface area contributed by atoms with Gasteiger partial charge in [-0.3, -0.25) is 4.79 Å². The third-order valence-corrected chi connectivity index (χ3v) is 8.02. The average Bonchev–Trinajstić information content (AvgIpc) is 3.46. The SMILES string of the molecule is CCc1nc2c(cnn2CC)c(NC2CCOCC2)c1CNC(=O)c1cccc(CNCCc2ccc(O)c(CO)c2)c1. The Balaban J connectivity index is 1.26. The quantitative estimate of drug-likeness (QED) is 0.148. The van der Waals surface area contributed by atoms with E-state index in [9.17, 15) is 15.0 Å². The van der Waals surface area contributed by atoms with E-state index in [1.54, 1.807) is 6.07 Å². The number of aromatic nitrogens is 3. The number of carbonyl (C=O) groups is 1. The van der Waals surface area contributed by atoms with E-state index in [2.05, 4.69) is 34.9 Å². The van der Waals surface area contributed by atoms with Crippen molar-refractivity contribution in [2.24, 2.45) is 0 Å². The Labute approximate surface area is 252 Å². The number of ether oxygens (including phenoxy) is 1. The molecule has 1 amide bonds. The second-order valence-electron chi connectivity index (χ2n) is 10.9. The molecular formula is C33H42N6O4. The first-order valence-electron chi connectivity index (χ1n) is 15.2. The summed E-state index contributed by atoms with van der Waals surface area (Å²) in [4.78, 5) is 18.3. The van der Waals surface area contributed by atoms with Crippen molar-refractivity contribution in [1.82, 2.24) is 25.4 Å². The molecule has 5 rings (SSSR count). The Kier molecular flexibility index (Phi) is 10.2. The van der Waals surface area contributed by atoms with Crippen molar-refractivity contribution in [2.75, 3.05) is 25.1 Å². The molecule has 0 radical (unpaired) electrons. The van der Waals surface area contributed by atoms with Gasteiger partial charge in [-0.15, -0.1) is 0 Å². The number of aliphatic hydroxyl groups excluding tert-OH is 1. The molecule has 1 saturated heterocycles. The number of hydrogen-bond acceptors (Lipinski definition) is 8. The summed E-state index contributed by atoms with van der Waals surface area (Å²) in [6, 6.07) is 13.2. The van der Waals surface area contributed by atoms with Gasteiger partial charge < -0.3 is 30.9 Å². The molecule has 228 valence electrons. The van der Waals surface area contributed by atoms with Crippen LogP contribution in [0, 0.1) is 0 Å². The number of carbonyl (C=O) groups excluding carboxylic acids is 1. The van der Waals surface area contributed by atoms with Gasteiger partial charge in [-0.05, 0) is 74.5 Å². The highest BCUT2D eigenvalue weighted by molar-refractivity contribution is 5.95. The summed E-state index contributed by atoms with van der Waals surface area (Å²) in [5.74, 6) is -0.0256. The normalized spacial score (nSPS) is 13.8. The summed E-state index contributed by atoms with van der Waals surface area (Å²) in [6.45, 7) is 7.87. The number of anilines is 1. The van der Waals surface area contributed by atoms with E-state index in [-0.39, 0.29) is 18.3 Å². The van der Waals surface area contributed by atoms with Crippen LogP contribution in [0.2, 0.25) is 0 Å². The van der Waals surface area contributed by atoms with Crippen LogP contribution in [-0.4, -0.2) is 56.7 Å². The Morgan fingerprint density at radius 1 is 1.09 bits per heavy atom. The molecule has 0 aliphatic carbocycles. The van der Waals surface area contributed by atoms with E-state index in [4.69, 9.17) is 9.72 Å². The summed E-state index contributed by atoms with van der Waals surface area (Å²) in [5, 5.41) is 35.0. The molecule has 0 spiro atoms. The molecule has 2 aromatic carbocycles. The lowest BCUT2D eigenvalue weighted by Crippen LogP contribution is -2.30. The molecule has 1 aliphatic heterocycles. The molecule has 0 saturated carbocycles. The topological polar surface area (TPSA) is 134 Å². The Bertz CT molecular complexity index is 1550. The van der Waals surface area contributed by atoms with Gasteiger partial charge in [0.1, 0.15) is 5.75 Å². The van der Waals surface area contributed by atoms with Crippen molar-refractivity contribution < 1.29 is 19.7 Å². The highest BCUT2D eigenvalue weighted by Crippen LogP contribution is 2.31. The monoisotopic (exact) mass is 586 g/mol. The van der Waals surface area contributed by atoms with Gasteiger partial charge in [-0.2, -0.15) is 5.10 Å². The van der Waals surface area contributed by atoms with Crippen LogP contribution in [0.4, 0.5) is 5.69 Å². The number of rotatable bonds is 13. The lowest BCUT2D eigenvalue weighted by atomic mass is 10.0. The Hall–Kier alpha value is -3.99. The van der Waals surface area contributed by atoms with Crippen molar-refractivity contribution in [3.8, 4) is 5.75 Å². The summed E-state index contributed by atoms with van der Waals surface area (Å²) in [7, 11) is 0. The molecule has 10 heteroatoms. The number of benzene rings is 2. The molecule has 0 atom stereocenters. The van der Waals surface area contributed by atoms with Gasteiger partial charge in [0.25, 0.3) is 5.91 Å². The molecular weight excluding hydrogens is 544 g/mol. The minimum Gasteiger partial charge on any atom is -0.508 e. The zero-order valence-electron chi connectivity index (χ0n) is 25.0. The maximum absolute atomic E-state index is 13.3. The lowest BCUT2D eigenvalue weighted by Gasteiger charge is -2.26. The van der Waals surface area contributed by atoms with E-state index in [1.807, 2.05) is 47.3 Å². The van der Waals surface area contributed by atoms with Gasteiger partial charge in [0, 0.05) is 61.3 Å². The van der Waals surface area contributed by atoms with Gasteiger partial charge in [0.2, 0.25) is 0 Å². The van der Waals surface area contributed by atoms with Gasteiger partial charge in [0.15, 0.2) is 5.65 Å². The second-order valence-corrected chi connectivity index (χ2v) is 10.9. The van der Waals surface area contributed by atoms with Gasteiger partial charge in [-0.1, -0.05) is 25.1 Å². The van der Waals surface area contributed by atoms with E-state index < -0.39 is 0 Å². The molecule has 0 bridgehead atoms. The summed E-state index contributed by atoms with van der Waals surface area (Å²) in [5.41, 5.74) is 7.01. The number of amides is 1. The molecule has 0 unspecified atom stereocenters. The number of nitrogens with one attached hydrogen (secondary N) is 3. The lowest BCUT2D eigenvalue weighted by molar-refractivity contribution is 0.0904. The predicted molar refractivity (Wildman–Crippen MR) is 167 cm³/mol. The zero-order valence-corrected chi connectivity index (χ0v) is 25.0. The highest BCUT2D eigenvalue weighted by Gasteiger charge is 2.22. The maximum Gasteiger partial charge on any atom is 0.251 e.